The number of aromatic nitrogens is 1. The van der Waals surface area contributed by atoms with Gasteiger partial charge in [0.2, 0.25) is 0 Å². The summed E-state index contributed by atoms with van der Waals surface area (Å²) >= 11 is 0. The van der Waals surface area contributed by atoms with Crippen molar-refractivity contribution in [2.75, 3.05) is 6.61 Å². The Balaban J connectivity index is 2.70. The Hall–Kier alpha value is -2.16. The van der Waals surface area contributed by atoms with Crippen LogP contribution in [0.1, 0.15) is 20.8 Å². The SMILES string of the molecule is O=C(O)c1cccnc1C(=O)NOCC(F)(F)F. The summed E-state index contributed by atoms with van der Waals surface area (Å²) in [7, 11) is 0. The maximum absolute atomic E-state index is 11.7. The average molecular weight is 264 g/mol. The average Bonchev–Trinajstić information content (AvgIpc) is 2.27. The summed E-state index contributed by atoms with van der Waals surface area (Å²) in [6.45, 7) is -1.69. The lowest BCUT2D eigenvalue weighted by atomic mass is 10.2. The van der Waals surface area contributed by atoms with Gasteiger partial charge in [-0.2, -0.15) is 13.2 Å². The van der Waals surface area contributed by atoms with Crippen LogP contribution in [0.25, 0.3) is 0 Å². The lowest BCUT2D eigenvalue weighted by Crippen LogP contribution is -2.31. The minimum absolute atomic E-state index is 0.439. The molecule has 0 aliphatic heterocycles. The number of carboxylic acid groups (broad SMARTS) is 1. The molecule has 1 rings (SSSR count). The predicted molar refractivity (Wildman–Crippen MR) is 50.7 cm³/mol. The van der Waals surface area contributed by atoms with Crippen LogP contribution in [0.2, 0.25) is 0 Å². The van der Waals surface area contributed by atoms with E-state index in [0.717, 1.165) is 12.3 Å². The smallest absolute Gasteiger partial charge is 0.414 e. The van der Waals surface area contributed by atoms with Crippen molar-refractivity contribution in [2.45, 2.75) is 6.18 Å². The van der Waals surface area contributed by atoms with Crippen molar-refractivity contribution in [2.24, 2.45) is 0 Å². The van der Waals surface area contributed by atoms with E-state index in [2.05, 4.69) is 9.82 Å². The summed E-state index contributed by atoms with van der Waals surface area (Å²) in [5.41, 5.74) is 0.492. The number of hydroxylamine groups is 1. The largest absolute Gasteiger partial charge is 0.478 e. The minimum atomic E-state index is -4.60. The van der Waals surface area contributed by atoms with E-state index in [9.17, 15) is 22.8 Å². The highest BCUT2D eigenvalue weighted by Crippen LogP contribution is 2.13. The molecule has 0 aromatic carbocycles. The number of aromatic carboxylic acids is 1. The van der Waals surface area contributed by atoms with E-state index in [-0.39, 0.29) is 0 Å². The minimum Gasteiger partial charge on any atom is -0.478 e. The van der Waals surface area contributed by atoms with Crippen molar-refractivity contribution in [1.29, 1.82) is 0 Å². The normalized spacial score (nSPS) is 11.1. The van der Waals surface area contributed by atoms with Gasteiger partial charge in [0, 0.05) is 6.20 Å². The maximum Gasteiger partial charge on any atom is 0.414 e. The van der Waals surface area contributed by atoms with Gasteiger partial charge in [-0.25, -0.2) is 10.3 Å². The van der Waals surface area contributed by atoms with Gasteiger partial charge in [0.05, 0.1) is 5.56 Å². The number of nitrogens with zero attached hydrogens (tertiary/aromatic N) is 1. The molecule has 1 amide bonds. The van der Waals surface area contributed by atoms with Gasteiger partial charge in [-0.3, -0.25) is 14.6 Å². The molecule has 1 aromatic rings. The highest BCUT2D eigenvalue weighted by molar-refractivity contribution is 6.02. The molecule has 9 heteroatoms. The van der Waals surface area contributed by atoms with Crippen molar-refractivity contribution < 1.29 is 32.7 Å². The highest BCUT2D eigenvalue weighted by atomic mass is 19.4. The van der Waals surface area contributed by atoms with Crippen LogP contribution in [-0.2, 0) is 4.84 Å². The third-order valence-electron chi connectivity index (χ3n) is 1.65. The first-order valence-electron chi connectivity index (χ1n) is 4.48. The highest BCUT2D eigenvalue weighted by Gasteiger charge is 2.28. The second-order valence-corrected chi connectivity index (χ2v) is 3.04. The molecular formula is C9H7F3N2O4. The van der Waals surface area contributed by atoms with E-state index in [0.29, 0.717) is 0 Å². The van der Waals surface area contributed by atoms with Crippen LogP contribution < -0.4 is 5.48 Å². The number of carboxylic acids is 1. The molecule has 0 aliphatic carbocycles. The molecule has 1 heterocycles. The molecule has 1 aromatic heterocycles. The number of amides is 1. The molecule has 18 heavy (non-hydrogen) atoms. The number of hydrogen-bond acceptors (Lipinski definition) is 4. The Labute approximate surface area is 98.3 Å². The van der Waals surface area contributed by atoms with Gasteiger partial charge in [-0.1, -0.05) is 0 Å². The van der Waals surface area contributed by atoms with Crippen molar-refractivity contribution in [3.05, 3.63) is 29.6 Å². The van der Waals surface area contributed by atoms with E-state index in [1.807, 2.05) is 0 Å². The summed E-state index contributed by atoms with van der Waals surface area (Å²) in [5, 5.41) is 8.73. The van der Waals surface area contributed by atoms with Gasteiger partial charge in [-0.05, 0) is 12.1 Å². The summed E-state index contributed by atoms with van der Waals surface area (Å²) < 4.78 is 35.2. The number of halogens is 3. The van der Waals surface area contributed by atoms with Gasteiger partial charge < -0.3 is 5.11 Å². The van der Waals surface area contributed by atoms with Crippen LogP contribution in [0, 0.1) is 0 Å². The summed E-state index contributed by atoms with van der Waals surface area (Å²) in [6.07, 6.45) is -3.47. The van der Waals surface area contributed by atoms with Gasteiger partial charge in [-0.15, -0.1) is 0 Å². The fourth-order valence-corrected chi connectivity index (χ4v) is 0.991. The molecule has 0 aliphatic rings. The quantitative estimate of drug-likeness (QED) is 0.792. The van der Waals surface area contributed by atoms with E-state index in [1.165, 1.54) is 11.5 Å². The molecule has 0 unspecified atom stereocenters. The fraction of sp³-hybridized carbons (Fsp3) is 0.222. The first-order valence-corrected chi connectivity index (χ1v) is 4.48. The van der Waals surface area contributed by atoms with Crippen molar-refractivity contribution in [3.63, 3.8) is 0 Å². The standard InChI is InChI=1S/C9H7F3N2O4/c10-9(11,12)4-18-14-7(15)6-5(8(16)17)2-1-3-13-6/h1-3H,4H2,(H,14,15)(H,16,17). The van der Waals surface area contributed by atoms with E-state index in [1.54, 1.807) is 0 Å². The number of nitrogens with one attached hydrogen (secondary N) is 1. The van der Waals surface area contributed by atoms with Gasteiger partial charge in [0.15, 0.2) is 6.61 Å². The Bertz CT molecular complexity index is 461. The Morgan fingerprint density at radius 3 is 2.67 bits per heavy atom. The third kappa shape index (κ3) is 4.01. The van der Waals surface area contributed by atoms with Crippen molar-refractivity contribution in [3.8, 4) is 0 Å². The molecule has 0 spiro atoms. The van der Waals surface area contributed by atoms with E-state index >= 15 is 0 Å². The predicted octanol–water partition coefficient (Wildman–Crippen LogP) is 1.00. The lowest BCUT2D eigenvalue weighted by molar-refractivity contribution is -0.184. The number of rotatable bonds is 4. The zero-order chi connectivity index (χ0) is 13.8. The number of pyridine rings is 1. The summed E-state index contributed by atoms with van der Waals surface area (Å²) in [5.74, 6) is -2.60. The first-order chi connectivity index (χ1) is 8.31. The Morgan fingerprint density at radius 2 is 2.11 bits per heavy atom. The van der Waals surface area contributed by atoms with E-state index < -0.39 is 35.9 Å². The number of carbonyl (C=O) groups is 2. The lowest BCUT2D eigenvalue weighted by Gasteiger charge is -2.08. The van der Waals surface area contributed by atoms with Crippen LogP contribution in [-0.4, -0.2) is 34.8 Å². The van der Waals surface area contributed by atoms with Crippen LogP contribution >= 0.6 is 0 Å². The van der Waals surface area contributed by atoms with Crippen LogP contribution in [0.5, 0.6) is 0 Å². The molecule has 0 atom stereocenters. The van der Waals surface area contributed by atoms with Crippen LogP contribution in [0.15, 0.2) is 18.3 Å². The second-order valence-electron chi connectivity index (χ2n) is 3.04. The van der Waals surface area contributed by atoms with Gasteiger partial charge >= 0.3 is 12.1 Å². The number of alkyl halides is 3. The van der Waals surface area contributed by atoms with Crippen LogP contribution in [0.3, 0.4) is 0 Å². The molecule has 0 fully saturated rings. The molecule has 0 saturated heterocycles. The molecule has 0 bridgehead atoms. The van der Waals surface area contributed by atoms with Crippen molar-refractivity contribution >= 4 is 11.9 Å². The molecule has 2 N–H and O–H groups in total. The molecule has 98 valence electrons. The van der Waals surface area contributed by atoms with Gasteiger partial charge in [0.1, 0.15) is 5.69 Å². The Kier molecular flexibility index (Phi) is 4.21. The Morgan fingerprint density at radius 1 is 1.44 bits per heavy atom. The maximum atomic E-state index is 11.7. The zero-order valence-corrected chi connectivity index (χ0v) is 8.69. The molecule has 0 saturated carbocycles. The fourth-order valence-electron chi connectivity index (χ4n) is 0.991. The summed E-state index contributed by atoms with van der Waals surface area (Å²) in [6, 6.07) is 2.37. The number of hydrogen-bond donors (Lipinski definition) is 2. The van der Waals surface area contributed by atoms with E-state index in [4.69, 9.17) is 5.11 Å². The molecule has 0 radical (unpaired) electrons. The second kappa shape index (κ2) is 5.45. The first kappa shape index (κ1) is 13.9. The summed E-state index contributed by atoms with van der Waals surface area (Å²) in [4.78, 5) is 29.4. The molecular weight excluding hydrogens is 257 g/mol. The third-order valence-corrected chi connectivity index (χ3v) is 1.65. The molecule has 6 nitrogen and oxygen atoms in total. The monoisotopic (exact) mass is 264 g/mol. The zero-order valence-electron chi connectivity index (χ0n) is 8.69. The van der Waals surface area contributed by atoms with Crippen molar-refractivity contribution in [1.82, 2.24) is 10.5 Å². The van der Waals surface area contributed by atoms with Gasteiger partial charge in [0.25, 0.3) is 5.91 Å². The topological polar surface area (TPSA) is 88.5 Å². The number of carbonyl (C=O) groups excluding carboxylic acids is 1. The van der Waals surface area contributed by atoms with Crippen LogP contribution in [0.4, 0.5) is 13.2 Å².